The van der Waals surface area contributed by atoms with E-state index in [9.17, 15) is 0 Å². The smallest absolute Gasteiger partial charge is 0.0949 e. The first-order valence-electron chi connectivity index (χ1n) is 6.80. The molecule has 3 heteroatoms. The van der Waals surface area contributed by atoms with Gasteiger partial charge >= 0.3 is 0 Å². The largest absolute Gasteiger partial charge is 0.387 e. The molecule has 1 atom stereocenters. The maximum atomic E-state index is 7.50. The quantitative estimate of drug-likeness (QED) is 0.397. The van der Waals surface area contributed by atoms with Gasteiger partial charge in [-0.05, 0) is 32.4 Å². The molecule has 0 aromatic carbocycles. The number of hydrogen-bond donors (Lipinski definition) is 2. The predicted molar refractivity (Wildman–Crippen MR) is 69.8 cm³/mol. The Hall–Kier alpha value is -0.570. The Kier molecular flexibility index (Phi) is 6.46. The fourth-order valence-electron chi connectivity index (χ4n) is 2.45. The van der Waals surface area contributed by atoms with Crippen molar-refractivity contribution in [2.45, 2.75) is 51.9 Å². The van der Waals surface area contributed by atoms with Crippen LogP contribution in [-0.4, -0.2) is 30.4 Å². The molecular formula is C13H27N3. The molecule has 0 radical (unpaired) electrons. The van der Waals surface area contributed by atoms with Crippen molar-refractivity contribution in [2.75, 3.05) is 19.6 Å². The van der Waals surface area contributed by atoms with E-state index in [1.165, 1.54) is 51.6 Å². The third kappa shape index (κ3) is 4.97. The number of unbranched alkanes of at least 4 members (excludes halogenated alkanes) is 4. The number of piperidine rings is 1. The van der Waals surface area contributed by atoms with Gasteiger partial charge in [0.25, 0.3) is 0 Å². The molecule has 1 fully saturated rings. The van der Waals surface area contributed by atoms with Crippen LogP contribution >= 0.6 is 0 Å². The van der Waals surface area contributed by atoms with Crippen molar-refractivity contribution in [3.63, 3.8) is 0 Å². The second kappa shape index (κ2) is 7.66. The average Bonchev–Trinajstić information content (AvgIpc) is 2.29. The number of amidine groups is 1. The molecule has 94 valence electrons. The molecule has 0 aromatic heterocycles. The third-order valence-corrected chi connectivity index (χ3v) is 3.52. The summed E-state index contributed by atoms with van der Waals surface area (Å²) in [5.74, 6) is 0.708. The van der Waals surface area contributed by atoms with Crippen molar-refractivity contribution in [3.8, 4) is 0 Å². The molecule has 3 N–H and O–H groups in total. The Morgan fingerprint density at radius 1 is 1.31 bits per heavy atom. The minimum Gasteiger partial charge on any atom is -0.387 e. The molecule has 1 saturated heterocycles. The molecule has 0 amide bonds. The van der Waals surface area contributed by atoms with E-state index >= 15 is 0 Å². The molecule has 1 rings (SSSR count). The summed E-state index contributed by atoms with van der Waals surface area (Å²) in [5.41, 5.74) is 5.58. The van der Waals surface area contributed by atoms with Crippen LogP contribution in [0, 0.1) is 11.3 Å². The Morgan fingerprint density at radius 3 is 2.75 bits per heavy atom. The van der Waals surface area contributed by atoms with Crippen molar-refractivity contribution in [3.05, 3.63) is 0 Å². The fourth-order valence-corrected chi connectivity index (χ4v) is 2.45. The van der Waals surface area contributed by atoms with Crippen molar-refractivity contribution >= 4 is 5.84 Å². The molecule has 16 heavy (non-hydrogen) atoms. The SMILES string of the molecule is CCCCCCCN1CCCC(C(=N)N)C1. The van der Waals surface area contributed by atoms with E-state index in [0.29, 0.717) is 11.8 Å². The highest BCUT2D eigenvalue weighted by Gasteiger charge is 2.21. The second-order valence-corrected chi connectivity index (χ2v) is 5.01. The summed E-state index contributed by atoms with van der Waals surface area (Å²) in [7, 11) is 0. The molecule has 0 bridgehead atoms. The maximum absolute atomic E-state index is 7.50. The van der Waals surface area contributed by atoms with Crippen molar-refractivity contribution in [1.29, 1.82) is 5.41 Å². The van der Waals surface area contributed by atoms with Gasteiger partial charge in [0.05, 0.1) is 5.84 Å². The predicted octanol–water partition coefficient (Wildman–Crippen LogP) is 2.60. The molecule has 0 aliphatic carbocycles. The first-order chi connectivity index (χ1) is 7.74. The number of nitrogens with two attached hydrogens (primary N) is 1. The van der Waals surface area contributed by atoms with Gasteiger partial charge in [-0.2, -0.15) is 0 Å². The lowest BCUT2D eigenvalue weighted by atomic mass is 9.97. The minimum absolute atomic E-state index is 0.324. The summed E-state index contributed by atoms with van der Waals surface area (Å²) in [5, 5.41) is 7.50. The summed E-state index contributed by atoms with van der Waals surface area (Å²) in [4.78, 5) is 2.49. The van der Waals surface area contributed by atoms with Gasteiger partial charge in [0.2, 0.25) is 0 Å². The van der Waals surface area contributed by atoms with Crippen LogP contribution < -0.4 is 5.73 Å². The number of likely N-dealkylation sites (tertiary alicyclic amines) is 1. The first kappa shape index (κ1) is 13.5. The number of nitrogens with one attached hydrogen (secondary N) is 1. The van der Waals surface area contributed by atoms with Gasteiger partial charge in [0.15, 0.2) is 0 Å². The Morgan fingerprint density at radius 2 is 2.06 bits per heavy atom. The lowest BCUT2D eigenvalue weighted by Gasteiger charge is -2.32. The normalized spacial score (nSPS) is 22.2. The van der Waals surface area contributed by atoms with Crippen LogP contribution in [0.3, 0.4) is 0 Å². The maximum Gasteiger partial charge on any atom is 0.0949 e. The zero-order valence-corrected chi connectivity index (χ0v) is 10.7. The van der Waals surface area contributed by atoms with Crippen LogP contribution in [-0.2, 0) is 0 Å². The topological polar surface area (TPSA) is 53.1 Å². The molecular weight excluding hydrogens is 198 g/mol. The van der Waals surface area contributed by atoms with Gasteiger partial charge < -0.3 is 10.6 Å². The molecule has 0 saturated carbocycles. The second-order valence-electron chi connectivity index (χ2n) is 5.01. The van der Waals surface area contributed by atoms with Gasteiger partial charge in [-0.1, -0.05) is 32.6 Å². The Labute approximate surface area is 99.9 Å². The molecule has 0 spiro atoms. The summed E-state index contributed by atoms with van der Waals surface area (Å²) in [6.07, 6.45) is 9.05. The van der Waals surface area contributed by atoms with E-state index < -0.39 is 0 Å². The van der Waals surface area contributed by atoms with Crippen LogP contribution in [0.5, 0.6) is 0 Å². The highest BCUT2D eigenvalue weighted by atomic mass is 15.1. The van der Waals surface area contributed by atoms with Gasteiger partial charge in [-0.3, -0.25) is 5.41 Å². The van der Waals surface area contributed by atoms with E-state index in [2.05, 4.69) is 11.8 Å². The third-order valence-electron chi connectivity index (χ3n) is 3.52. The number of hydrogen-bond acceptors (Lipinski definition) is 2. The van der Waals surface area contributed by atoms with Crippen molar-refractivity contribution < 1.29 is 0 Å². The van der Waals surface area contributed by atoms with Gasteiger partial charge in [0, 0.05) is 12.5 Å². The zero-order valence-electron chi connectivity index (χ0n) is 10.7. The van der Waals surface area contributed by atoms with Crippen molar-refractivity contribution in [1.82, 2.24) is 4.90 Å². The van der Waals surface area contributed by atoms with Crippen LogP contribution in [0.25, 0.3) is 0 Å². The van der Waals surface area contributed by atoms with Gasteiger partial charge in [0.1, 0.15) is 0 Å². The minimum atomic E-state index is 0.324. The highest BCUT2D eigenvalue weighted by molar-refractivity contribution is 5.79. The highest BCUT2D eigenvalue weighted by Crippen LogP contribution is 2.16. The summed E-state index contributed by atoms with van der Waals surface area (Å²) in [6.45, 7) is 5.68. The first-order valence-corrected chi connectivity index (χ1v) is 6.80. The average molecular weight is 225 g/mol. The molecule has 1 unspecified atom stereocenters. The van der Waals surface area contributed by atoms with E-state index in [0.717, 1.165) is 13.0 Å². The molecule has 3 nitrogen and oxygen atoms in total. The zero-order chi connectivity index (χ0) is 11.8. The molecule has 1 aliphatic rings. The van der Waals surface area contributed by atoms with Crippen LogP contribution in [0.1, 0.15) is 51.9 Å². The van der Waals surface area contributed by atoms with E-state index in [-0.39, 0.29) is 0 Å². The monoisotopic (exact) mass is 225 g/mol. The lowest BCUT2D eigenvalue weighted by molar-refractivity contribution is 0.199. The van der Waals surface area contributed by atoms with Crippen molar-refractivity contribution in [2.24, 2.45) is 11.7 Å². The van der Waals surface area contributed by atoms with Crippen LogP contribution in [0.4, 0.5) is 0 Å². The Bertz CT molecular complexity index is 203. The summed E-state index contributed by atoms with van der Waals surface area (Å²) in [6, 6.07) is 0. The van der Waals surface area contributed by atoms with Crippen LogP contribution in [0.15, 0.2) is 0 Å². The standard InChI is InChI=1S/C13H27N3/c1-2-3-4-5-6-9-16-10-7-8-12(11-16)13(14)15/h12H,2-11H2,1H3,(H3,14,15). The summed E-state index contributed by atoms with van der Waals surface area (Å²) < 4.78 is 0. The van der Waals surface area contributed by atoms with E-state index in [4.69, 9.17) is 11.1 Å². The van der Waals surface area contributed by atoms with E-state index in [1.54, 1.807) is 0 Å². The summed E-state index contributed by atoms with van der Waals surface area (Å²) >= 11 is 0. The number of nitrogens with zero attached hydrogens (tertiary/aromatic N) is 1. The lowest BCUT2D eigenvalue weighted by Crippen LogP contribution is -2.41. The molecule has 1 aliphatic heterocycles. The fraction of sp³-hybridized carbons (Fsp3) is 0.923. The van der Waals surface area contributed by atoms with E-state index in [1.807, 2.05) is 0 Å². The number of rotatable bonds is 7. The van der Waals surface area contributed by atoms with Gasteiger partial charge in [-0.15, -0.1) is 0 Å². The molecule has 1 heterocycles. The Balaban J connectivity index is 2.10. The molecule has 0 aromatic rings. The van der Waals surface area contributed by atoms with Gasteiger partial charge in [-0.25, -0.2) is 0 Å². The van der Waals surface area contributed by atoms with Crippen LogP contribution in [0.2, 0.25) is 0 Å².